The molecule has 156 valence electrons. The van der Waals surface area contributed by atoms with Gasteiger partial charge in [-0.3, -0.25) is 0 Å². The highest BCUT2D eigenvalue weighted by Gasteiger charge is 2.31. The Balaban J connectivity index is 1.51. The van der Waals surface area contributed by atoms with Crippen LogP contribution in [-0.2, 0) is 12.8 Å². The lowest BCUT2D eigenvalue weighted by atomic mass is 9.97. The molecule has 0 N–H and O–H groups in total. The molecule has 1 aliphatic carbocycles. The molecule has 8 nitrogen and oxygen atoms in total. The lowest BCUT2D eigenvalue weighted by Gasteiger charge is -2.23. The molecule has 2 aromatic carbocycles. The monoisotopic (exact) mass is 408 g/mol. The second-order valence-corrected chi connectivity index (χ2v) is 7.94. The third-order valence-electron chi connectivity index (χ3n) is 6.32. The topological polar surface area (TPSA) is 85.5 Å². The summed E-state index contributed by atoms with van der Waals surface area (Å²) in [7, 11) is 3.25. The molecule has 1 fully saturated rings. The lowest BCUT2D eigenvalue weighted by molar-refractivity contribution is -0.535. The number of aromatic nitrogens is 3. The predicted molar refractivity (Wildman–Crippen MR) is 113 cm³/mol. The van der Waals surface area contributed by atoms with Crippen LogP contribution in [0.3, 0.4) is 0 Å². The molecule has 3 aromatic rings. The normalized spacial score (nSPS) is 18.1. The van der Waals surface area contributed by atoms with Crippen LogP contribution >= 0.6 is 0 Å². The van der Waals surface area contributed by atoms with Crippen molar-refractivity contribution in [2.75, 3.05) is 32.2 Å². The molecule has 2 aliphatic rings. The molecule has 1 unspecified atom stereocenters. The Bertz CT molecular complexity index is 1190. The summed E-state index contributed by atoms with van der Waals surface area (Å²) in [5, 5.41) is 17.2. The zero-order valence-electron chi connectivity index (χ0n) is 17.1. The SMILES string of the molecule is COc1cccc(C2CCN(c3n[n+](=O)c4cc5c(cc4n3[O-])CCC5)C2)c1OC. The Morgan fingerprint density at radius 2 is 1.97 bits per heavy atom. The summed E-state index contributed by atoms with van der Waals surface area (Å²) < 4.78 is 12.4. The number of methoxy groups -OCH3 is 2. The molecule has 5 rings (SSSR count). The molecule has 0 saturated carbocycles. The van der Waals surface area contributed by atoms with E-state index in [1.807, 2.05) is 35.2 Å². The van der Waals surface area contributed by atoms with Gasteiger partial charge in [0.1, 0.15) is 5.52 Å². The fourth-order valence-corrected chi connectivity index (χ4v) is 4.82. The maximum atomic E-state index is 13.1. The summed E-state index contributed by atoms with van der Waals surface area (Å²) in [6, 6.07) is 9.51. The fourth-order valence-electron chi connectivity index (χ4n) is 4.82. The van der Waals surface area contributed by atoms with Gasteiger partial charge < -0.3 is 24.3 Å². The largest absolute Gasteiger partial charge is 0.803 e. The molecule has 1 aliphatic heterocycles. The van der Waals surface area contributed by atoms with Gasteiger partial charge in [-0.1, -0.05) is 12.1 Å². The van der Waals surface area contributed by atoms with E-state index in [2.05, 4.69) is 5.10 Å². The van der Waals surface area contributed by atoms with Crippen LogP contribution in [-0.4, -0.2) is 37.1 Å². The molecular weight excluding hydrogens is 384 g/mol. The van der Waals surface area contributed by atoms with Crippen molar-refractivity contribution in [2.45, 2.75) is 31.6 Å². The number of aryl methyl sites for hydroxylation is 2. The Morgan fingerprint density at radius 3 is 2.73 bits per heavy atom. The highest BCUT2D eigenvalue weighted by Crippen LogP contribution is 2.40. The number of fused-ring (bicyclic) bond motifs is 2. The zero-order valence-corrected chi connectivity index (χ0v) is 17.1. The van der Waals surface area contributed by atoms with E-state index in [0.717, 1.165) is 47.1 Å². The summed E-state index contributed by atoms with van der Waals surface area (Å²) in [5.74, 6) is 1.69. The smallest absolute Gasteiger partial charge is 0.318 e. The van der Waals surface area contributed by atoms with Crippen LogP contribution in [0.4, 0.5) is 5.95 Å². The van der Waals surface area contributed by atoms with Gasteiger partial charge in [0.25, 0.3) is 5.95 Å². The highest BCUT2D eigenvalue weighted by molar-refractivity contribution is 5.76. The number of nitrogens with zero attached hydrogens (tertiary/aromatic N) is 4. The molecular formula is C22H24N4O4. The van der Waals surface area contributed by atoms with E-state index < -0.39 is 0 Å². The maximum Gasteiger partial charge on any atom is 0.318 e. The Labute approximate surface area is 173 Å². The van der Waals surface area contributed by atoms with Crippen molar-refractivity contribution in [1.82, 2.24) is 9.83 Å². The van der Waals surface area contributed by atoms with Gasteiger partial charge in [0.2, 0.25) is 0 Å². The van der Waals surface area contributed by atoms with Crippen LogP contribution in [0.1, 0.15) is 35.4 Å². The van der Waals surface area contributed by atoms with Crippen LogP contribution in [0, 0.1) is 10.1 Å². The van der Waals surface area contributed by atoms with Crippen molar-refractivity contribution in [1.29, 1.82) is 0 Å². The number of benzene rings is 2. The third-order valence-corrected chi connectivity index (χ3v) is 6.32. The number of hydrogen-bond donors (Lipinski definition) is 0. The van der Waals surface area contributed by atoms with Crippen LogP contribution in [0.2, 0.25) is 0 Å². The van der Waals surface area contributed by atoms with Gasteiger partial charge >= 0.3 is 5.52 Å². The minimum Gasteiger partial charge on any atom is -0.803 e. The molecule has 0 radical (unpaired) electrons. The Morgan fingerprint density at radius 1 is 1.17 bits per heavy atom. The van der Waals surface area contributed by atoms with Crippen LogP contribution in [0.15, 0.2) is 30.3 Å². The van der Waals surface area contributed by atoms with E-state index in [4.69, 9.17) is 9.47 Å². The van der Waals surface area contributed by atoms with E-state index in [9.17, 15) is 10.1 Å². The van der Waals surface area contributed by atoms with Gasteiger partial charge in [-0.05, 0) is 48.9 Å². The first-order chi connectivity index (χ1) is 14.6. The molecule has 1 saturated heterocycles. The summed E-state index contributed by atoms with van der Waals surface area (Å²) in [5.41, 5.74) is 4.06. The first-order valence-corrected chi connectivity index (χ1v) is 10.3. The number of anilines is 1. The first-order valence-electron chi connectivity index (χ1n) is 10.3. The number of ether oxygens (including phenoxy) is 2. The van der Waals surface area contributed by atoms with Crippen molar-refractivity contribution < 1.29 is 14.0 Å². The van der Waals surface area contributed by atoms with Crippen LogP contribution < -0.4 is 18.9 Å². The summed E-state index contributed by atoms with van der Waals surface area (Å²) >= 11 is 0. The molecule has 8 heteroatoms. The molecule has 0 bridgehead atoms. The van der Waals surface area contributed by atoms with Crippen LogP contribution in [0.5, 0.6) is 11.5 Å². The van der Waals surface area contributed by atoms with Crippen molar-refractivity contribution in [3.05, 3.63) is 57.1 Å². The maximum absolute atomic E-state index is 13.1. The molecule has 1 atom stereocenters. The van der Waals surface area contributed by atoms with Crippen molar-refractivity contribution in [3.8, 4) is 11.5 Å². The average Bonchev–Trinajstić information content (AvgIpc) is 3.43. The molecule has 2 heterocycles. The lowest BCUT2D eigenvalue weighted by Crippen LogP contribution is -2.32. The quantitative estimate of drug-likeness (QED) is 0.617. The molecule has 0 amide bonds. The average molecular weight is 408 g/mol. The van der Waals surface area contributed by atoms with Gasteiger partial charge in [-0.25, -0.2) is 0 Å². The Kier molecular flexibility index (Phi) is 4.49. The van der Waals surface area contributed by atoms with E-state index in [-0.39, 0.29) is 11.9 Å². The molecule has 0 spiro atoms. The van der Waals surface area contributed by atoms with E-state index in [0.29, 0.717) is 40.2 Å². The summed E-state index contributed by atoms with van der Waals surface area (Å²) in [6.45, 7) is 1.21. The molecule has 1 aromatic heterocycles. The van der Waals surface area contributed by atoms with E-state index in [1.54, 1.807) is 14.2 Å². The van der Waals surface area contributed by atoms with Gasteiger partial charge in [-0.15, -0.1) is 0 Å². The van der Waals surface area contributed by atoms with E-state index >= 15 is 0 Å². The van der Waals surface area contributed by atoms with Crippen molar-refractivity contribution >= 4 is 17.0 Å². The highest BCUT2D eigenvalue weighted by atomic mass is 16.5. The van der Waals surface area contributed by atoms with Gasteiger partial charge in [0.15, 0.2) is 16.0 Å². The van der Waals surface area contributed by atoms with Crippen molar-refractivity contribution in [3.63, 3.8) is 0 Å². The standard InChI is InChI=1S/C22H24N4O4/c1-29-20-8-4-7-17(21(20)30-2)16-9-10-24(13-16)22-23-26(28)19-12-15-6-3-5-14(15)11-18(19)25(22)27/h4,7-8,11-12,16H,3,5-6,9-10,13H2,1-2H3. The second kappa shape index (κ2) is 7.19. The summed E-state index contributed by atoms with van der Waals surface area (Å²) in [4.78, 5) is 14.5. The molecule has 30 heavy (non-hydrogen) atoms. The summed E-state index contributed by atoms with van der Waals surface area (Å²) in [6.07, 6.45) is 3.78. The van der Waals surface area contributed by atoms with Crippen molar-refractivity contribution in [2.24, 2.45) is 0 Å². The second-order valence-electron chi connectivity index (χ2n) is 7.94. The minimum atomic E-state index is 0.146. The first kappa shape index (κ1) is 18.7. The van der Waals surface area contributed by atoms with Crippen LogP contribution in [0.25, 0.3) is 11.0 Å². The third kappa shape index (κ3) is 2.86. The van der Waals surface area contributed by atoms with Gasteiger partial charge in [0.05, 0.1) is 24.2 Å². The fraction of sp³-hybridized carbons (Fsp3) is 0.409. The van der Waals surface area contributed by atoms with E-state index in [1.165, 1.54) is 0 Å². The Hall–Kier alpha value is -3.29. The predicted octanol–water partition coefficient (Wildman–Crippen LogP) is 2.80. The number of hydrogen-bond acceptors (Lipinski definition) is 6. The minimum absolute atomic E-state index is 0.146. The number of rotatable bonds is 4. The number of para-hydroxylation sites is 1. The van der Waals surface area contributed by atoms with Gasteiger partial charge in [0, 0.05) is 30.6 Å². The van der Waals surface area contributed by atoms with Gasteiger partial charge in [-0.2, -0.15) is 0 Å². The zero-order chi connectivity index (χ0) is 20.8.